The Morgan fingerprint density at radius 3 is 2.47 bits per heavy atom. The van der Waals surface area contributed by atoms with E-state index in [-0.39, 0.29) is 5.82 Å². The molecule has 0 N–H and O–H groups in total. The Kier molecular flexibility index (Phi) is 3.45. The van der Waals surface area contributed by atoms with E-state index in [1.54, 1.807) is 0 Å². The number of aromatic nitrogens is 2. The second-order valence-corrected chi connectivity index (χ2v) is 4.91. The summed E-state index contributed by atoms with van der Waals surface area (Å²) in [6, 6.07) is 4.67. The molecule has 0 saturated carbocycles. The normalized spacial score (nSPS) is 10.6. The summed E-state index contributed by atoms with van der Waals surface area (Å²) < 4.78 is 14.0. The fourth-order valence-electron chi connectivity index (χ4n) is 1.52. The van der Waals surface area contributed by atoms with Gasteiger partial charge in [0.25, 0.3) is 0 Å². The van der Waals surface area contributed by atoms with Crippen LogP contribution in [0.15, 0.2) is 22.7 Å². The molecule has 1 heterocycles. The lowest BCUT2D eigenvalue weighted by atomic mass is 10.1. The highest BCUT2D eigenvalue weighted by Crippen LogP contribution is 2.27. The van der Waals surface area contributed by atoms with Gasteiger partial charge in [0.05, 0.1) is 10.2 Å². The molecular formula is C12H9BrClFN2. The molecule has 17 heavy (non-hydrogen) atoms. The van der Waals surface area contributed by atoms with Crippen molar-refractivity contribution in [1.82, 2.24) is 9.97 Å². The highest BCUT2D eigenvalue weighted by molar-refractivity contribution is 9.10. The van der Waals surface area contributed by atoms with Crippen LogP contribution in [-0.2, 0) is 0 Å². The second-order valence-electron chi connectivity index (χ2n) is 3.75. The van der Waals surface area contributed by atoms with E-state index in [4.69, 9.17) is 11.6 Å². The Morgan fingerprint density at radius 1 is 1.18 bits per heavy atom. The summed E-state index contributed by atoms with van der Waals surface area (Å²) in [5.74, 6) is 0.124. The zero-order valence-corrected chi connectivity index (χ0v) is 11.6. The fraction of sp³-hybridized carbons (Fsp3) is 0.167. The minimum atomic E-state index is -0.305. The van der Waals surface area contributed by atoms with Crippen LogP contribution in [0.25, 0.3) is 11.4 Å². The molecule has 2 rings (SSSR count). The summed E-state index contributed by atoms with van der Waals surface area (Å²) in [4.78, 5) is 8.40. The first-order valence-electron chi connectivity index (χ1n) is 4.94. The van der Waals surface area contributed by atoms with Gasteiger partial charge in [-0.2, -0.15) is 0 Å². The summed E-state index contributed by atoms with van der Waals surface area (Å²) in [6.45, 7) is 3.63. The molecule has 2 aromatic rings. The topological polar surface area (TPSA) is 25.8 Å². The molecule has 0 aliphatic heterocycles. The van der Waals surface area contributed by atoms with Crippen molar-refractivity contribution in [2.75, 3.05) is 0 Å². The van der Waals surface area contributed by atoms with E-state index in [1.807, 2.05) is 19.9 Å². The van der Waals surface area contributed by atoms with Crippen LogP contribution in [0.5, 0.6) is 0 Å². The lowest BCUT2D eigenvalue weighted by molar-refractivity contribution is 0.627. The van der Waals surface area contributed by atoms with Crippen molar-refractivity contribution in [2.45, 2.75) is 13.8 Å². The van der Waals surface area contributed by atoms with E-state index >= 15 is 0 Å². The largest absolute Gasteiger partial charge is 0.232 e. The van der Waals surface area contributed by atoms with Gasteiger partial charge in [-0.25, -0.2) is 14.4 Å². The Labute approximate surface area is 112 Å². The zero-order chi connectivity index (χ0) is 12.6. The van der Waals surface area contributed by atoms with Gasteiger partial charge in [0.2, 0.25) is 0 Å². The first-order valence-corrected chi connectivity index (χ1v) is 6.11. The van der Waals surface area contributed by atoms with Crippen molar-refractivity contribution in [3.8, 4) is 11.4 Å². The van der Waals surface area contributed by atoms with Crippen LogP contribution in [0.4, 0.5) is 4.39 Å². The highest BCUT2D eigenvalue weighted by atomic mass is 79.9. The van der Waals surface area contributed by atoms with E-state index in [2.05, 4.69) is 25.9 Å². The molecule has 0 bridgehead atoms. The molecule has 0 aliphatic rings. The van der Waals surface area contributed by atoms with Crippen LogP contribution in [0, 0.1) is 19.7 Å². The molecule has 0 atom stereocenters. The Morgan fingerprint density at radius 2 is 1.88 bits per heavy atom. The summed E-state index contributed by atoms with van der Waals surface area (Å²) in [5, 5.41) is 0.328. The van der Waals surface area contributed by atoms with Crippen LogP contribution in [0.3, 0.4) is 0 Å². The molecule has 1 aromatic carbocycles. The number of benzene rings is 1. The molecule has 0 aliphatic carbocycles. The highest BCUT2D eigenvalue weighted by Gasteiger charge is 2.10. The quantitative estimate of drug-likeness (QED) is 0.733. The molecule has 0 unspecified atom stereocenters. The molecule has 0 saturated heterocycles. The van der Waals surface area contributed by atoms with E-state index in [0.29, 0.717) is 21.0 Å². The van der Waals surface area contributed by atoms with Crippen LogP contribution in [0.1, 0.15) is 11.3 Å². The molecule has 5 heteroatoms. The molecule has 0 spiro atoms. The zero-order valence-electron chi connectivity index (χ0n) is 9.26. The predicted molar refractivity (Wildman–Crippen MR) is 69.6 cm³/mol. The van der Waals surface area contributed by atoms with Crippen molar-refractivity contribution in [3.63, 3.8) is 0 Å². The molecule has 0 amide bonds. The van der Waals surface area contributed by atoms with Gasteiger partial charge >= 0.3 is 0 Å². The van der Waals surface area contributed by atoms with Crippen LogP contribution < -0.4 is 0 Å². The second kappa shape index (κ2) is 4.70. The lowest BCUT2D eigenvalue weighted by Gasteiger charge is -2.06. The predicted octanol–water partition coefficient (Wildman–Crippen LogP) is 4.32. The fourth-order valence-corrected chi connectivity index (χ4v) is 1.91. The van der Waals surface area contributed by atoms with Crippen molar-refractivity contribution >= 4 is 27.5 Å². The summed E-state index contributed by atoms with van der Waals surface area (Å²) in [6.07, 6.45) is 0. The van der Waals surface area contributed by atoms with Gasteiger partial charge in [-0.15, -0.1) is 0 Å². The maximum absolute atomic E-state index is 13.3. The van der Waals surface area contributed by atoms with Crippen molar-refractivity contribution in [3.05, 3.63) is 44.9 Å². The average Bonchev–Trinajstić information content (AvgIpc) is 2.23. The lowest BCUT2D eigenvalue weighted by Crippen LogP contribution is -1.95. The Bertz CT molecular complexity index is 543. The van der Waals surface area contributed by atoms with E-state index in [9.17, 15) is 4.39 Å². The Balaban J connectivity index is 2.60. The van der Waals surface area contributed by atoms with Gasteiger partial charge in [-0.05, 0) is 53.5 Å². The maximum Gasteiger partial charge on any atom is 0.161 e. The number of rotatable bonds is 1. The van der Waals surface area contributed by atoms with E-state index < -0.39 is 0 Å². The maximum atomic E-state index is 13.3. The van der Waals surface area contributed by atoms with Crippen molar-refractivity contribution < 1.29 is 4.39 Å². The molecule has 88 valence electrons. The average molecular weight is 316 g/mol. The van der Waals surface area contributed by atoms with Crippen molar-refractivity contribution in [2.24, 2.45) is 0 Å². The number of hydrogen-bond donors (Lipinski definition) is 0. The summed E-state index contributed by atoms with van der Waals surface area (Å²) in [5.41, 5.74) is 2.17. The standard InChI is InChI=1S/C12H9BrClFN2/c1-6-3-8(5-9(15)4-6)12-16-7(2)10(13)11(14)17-12/h3-5H,1-2H3. The number of hydrogen-bond acceptors (Lipinski definition) is 2. The van der Waals surface area contributed by atoms with Gasteiger partial charge in [0.1, 0.15) is 11.0 Å². The number of halogens is 3. The van der Waals surface area contributed by atoms with Crippen LogP contribution >= 0.6 is 27.5 Å². The molecule has 2 nitrogen and oxygen atoms in total. The monoisotopic (exact) mass is 314 g/mol. The minimum Gasteiger partial charge on any atom is -0.232 e. The molecule has 1 aromatic heterocycles. The van der Waals surface area contributed by atoms with Gasteiger partial charge in [-0.1, -0.05) is 11.6 Å². The van der Waals surface area contributed by atoms with Gasteiger partial charge < -0.3 is 0 Å². The van der Waals surface area contributed by atoms with Gasteiger partial charge in [0.15, 0.2) is 5.82 Å². The SMILES string of the molecule is Cc1cc(F)cc(-c2nc(C)c(Br)c(Cl)n2)c1. The van der Waals surface area contributed by atoms with Gasteiger partial charge in [0, 0.05) is 5.56 Å². The number of nitrogens with zero attached hydrogens (tertiary/aromatic N) is 2. The Hall–Kier alpha value is -1.00. The van der Waals surface area contributed by atoms with Crippen molar-refractivity contribution in [1.29, 1.82) is 0 Å². The summed E-state index contributed by atoms with van der Waals surface area (Å²) >= 11 is 9.24. The molecular weight excluding hydrogens is 307 g/mol. The van der Waals surface area contributed by atoms with Crippen LogP contribution in [-0.4, -0.2) is 9.97 Å². The van der Waals surface area contributed by atoms with Gasteiger partial charge in [-0.3, -0.25) is 0 Å². The molecule has 0 radical (unpaired) electrons. The van der Waals surface area contributed by atoms with Crippen LogP contribution in [0.2, 0.25) is 5.15 Å². The third-order valence-corrected chi connectivity index (χ3v) is 3.73. The smallest absolute Gasteiger partial charge is 0.161 e. The molecule has 0 fully saturated rings. The third kappa shape index (κ3) is 2.64. The minimum absolute atomic E-state index is 0.305. The van der Waals surface area contributed by atoms with E-state index in [0.717, 1.165) is 11.3 Å². The number of aryl methyl sites for hydroxylation is 2. The van der Waals surface area contributed by atoms with E-state index in [1.165, 1.54) is 12.1 Å². The first-order chi connectivity index (χ1) is 7.97. The third-order valence-electron chi connectivity index (χ3n) is 2.28. The summed E-state index contributed by atoms with van der Waals surface area (Å²) in [7, 11) is 0. The first kappa shape index (κ1) is 12.5.